The third kappa shape index (κ3) is 2.85. The molecule has 0 bridgehead atoms. The molecule has 0 spiro atoms. The molecule has 0 saturated carbocycles. The van der Waals surface area contributed by atoms with Crippen LogP contribution >= 0.6 is 0 Å². The lowest BCUT2D eigenvalue weighted by atomic mass is 10.1. The Morgan fingerprint density at radius 3 is 2.60 bits per heavy atom. The van der Waals surface area contributed by atoms with Crippen molar-refractivity contribution in [2.75, 3.05) is 5.32 Å². The summed E-state index contributed by atoms with van der Waals surface area (Å²) in [4.78, 5) is 22.6. The molecular formula is C14H17N3O3. The number of nitro groups is 1. The van der Waals surface area contributed by atoms with Crippen molar-refractivity contribution in [2.45, 2.75) is 26.3 Å². The Labute approximate surface area is 116 Å². The summed E-state index contributed by atoms with van der Waals surface area (Å²) >= 11 is 0. The van der Waals surface area contributed by atoms with Crippen LogP contribution < -0.4 is 11.1 Å². The normalized spacial score (nSPS) is 20.9. The molecule has 0 radical (unpaired) electrons. The third-order valence-electron chi connectivity index (χ3n) is 3.45. The molecule has 0 fully saturated rings. The zero-order valence-electron chi connectivity index (χ0n) is 11.4. The van der Waals surface area contributed by atoms with Gasteiger partial charge in [-0.25, -0.2) is 0 Å². The molecule has 1 aliphatic rings. The van der Waals surface area contributed by atoms with Crippen molar-refractivity contribution in [1.29, 1.82) is 0 Å². The Hall–Kier alpha value is -2.21. The molecule has 2 atom stereocenters. The third-order valence-corrected chi connectivity index (χ3v) is 3.45. The molecule has 0 heterocycles. The highest BCUT2D eigenvalue weighted by atomic mass is 16.6. The number of anilines is 1. The van der Waals surface area contributed by atoms with Crippen LogP contribution in [0.1, 0.15) is 17.5 Å². The van der Waals surface area contributed by atoms with E-state index in [1.165, 1.54) is 6.07 Å². The lowest BCUT2D eigenvalue weighted by Crippen LogP contribution is -2.24. The van der Waals surface area contributed by atoms with E-state index in [-0.39, 0.29) is 23.6 Å². The zero-order valence-corrected chi connectivity index (χ0v) is 11.4. The van der Waals surface area contributed by atoms with Crippen molar-refractivity contribution < 1.29 is 9.72 Å². The lowest BCUT2D eigenvalue weighted by Gasteiger charge is -2.13. The van der Waals surface area contributed by atoms with E-state index < -0.39 is 4.92 Å². The molecule has 6 heteroatoms. The van der Waals surface area contributed by atoms with Crippen LogP contribution in [0.5, 0.6) is 0 Å². The molecule has 6 nitrogen and oxygen atoms in total. The Morgan fingerprint density at radius 2 is 2.05 bits per heavy atom. The van der Waals surface area contributed by atoms with E-state index in [9.17, 15) is 14.9 Å². The number of aryl methyl sites for hydroxylation is 2. The summed E-state index contributed by atoms with van der Waals surface area (Å²) in [6.45, 7) is 3.48. The number of carbonyl (C=O) groups is 1. The van der Waals surface area contributed by atoms with Gasteiger partial charge in [0.25, 0.3) is 5.69 Å². The van der Waals surface area contributed by atoms with Crippen LogP contribution in [-0.2, 0) is 4.79 Å². The van der Waals surface area contributed by atoms with Gasteiger partial charge in [-0.15, -0.1) is 0 Å². The smallest absolute Gasteiger partial charge is 0.274 e. The number of hydrogen-bond donors (Lipinski definition) is 2. The fourth-order valence-corrected chi connectivity index (χ4v) is 2.32. The van der Waals surface area contributed by atoms with Gasteiger partial charge < -0.3 is 11.1 Å². The highest BCUT2D eigenvalue weighted by Crippen LogP contribution is 2.27. The molecule has 2 unspecified atom stereocenters. The van der Waals surface area contributed by atoms with Gasteiger partial charge in [0.1, 0.15) is 0 Å². The minimum absolute atomic E-state index is 0.00423. The summed E-state index contributed by atoms with van der Waals surface area (Å²) in [7, 11) is 0. The van der Waals surface area contributed by atoms with Crippen LogP contribution in [0, 0.1) is 29.9 Å². The molecule has 0 aliphatic heterocycles. The van der Waals surface area contributed by atoms with Gasteiger partial charge in [-0.1, -0.05) is 12.2 Å². The first-order valence-electron chi connectivity index (χ1n) is 6.39. The zero-order chi connectivity index (χ0) is 14.9. The maximum Gasteiger partial charge on any atom is 0.274 e. The van der Waals surface area contributed by atoms with Gasteiger partial charge in [0.2, 0.25) is 5.91 Å². The number of nitro benzene ring substituents is 1. The van der Waals surface area contributed by atoms with Gasteiger partial charge in [-0.2, -0.15) is 0 Å². The highest BCUT2D eigenvalue weighted by Gasteiger charge is 2.24. The number of carbonyl (C=O) groups excluding carboxylic acids is 1. The van der Waals surface area contributed by atoms with Crippen LogP contribution in [-0.4, -0.2) is 16.9 Å². The van der Waals surface area contributed by atoms with Crippen LogP contribution in [0.3, 0.4) is 0 Å². The topological polar surface area (TPSA) is 98.3 Å². The van der Waals surface area contributed by atoms with Gasteiger partial charge >= 0.3 is 0 Å². The SMILES string of the molecule is Cc1cc(C)c([N+](=O)[O-])cc1NC(=O)C1C=CC(N)C1. The molecule has 1 aromatic rings. The van der Waals surface area contributed by atoms with Crippen molar-refractivity contribution in [1.82, 2.24) is 0 Å². The Bertz CT molecular complexity index is 596. The molecule has 1 aromatic carbocycles. The van der Waals surface area contributed by atoms with E-state index in [4.69, 9.17) is 5.73 Å². The summed E-state index contributed by atoms with van der Waals surface area (Å²) in [5.74, 6) is -0.458. The van der Waals surface area contributed by atoms with Crippen LogP contribution in [0.2, 0.25) is 0 Å². The van der Waals surface area contributed by atoms with Gasteiger partial charge in [0.05, 0.1) is 16.5 Å². The summed E-state index contributed by atoms with van der Waals surface area (Å²) in [6, 6.07) is 3.00. The molecular weight excluding hydrogens is 258 g/mol. The number of rotatable bonds is 3. The Balaban J connectivity index is 2.21. The van der Waals surface area contributed by atoms with Crippen LogP contribution in [0.4, 0.5) is 11.4 Å². The quantitative estimate of drug-likeness (QED) is 0.501. The van der Waals surface area contributed by atoms with E-state index >= 15 is 0 Å². The van der Waals surface area contributed by atoms with Crippen LogP contribution in [0.25, 0.3) is 0 Å². The predicted octanol–water partition coefficient (Wildman–Crippen LogP) is 2.05. The van der Waals surface area contributed by atoms with E-state index in [1.807, 2.05) is 6.92 Å². The number of hydrogen-bond acceptors (Lipinski definition) is 4. The lowest BCUT2D eigenvalue weighted by molar-refractivity contribution is -0.385. The number of nitrogens with one attached hydrogen (secondary N) is 1. The van der Waals surface area contributed by atoms with Crippen molar-refractivity contribution in [2.24, 2.45) is 11.7 Å². The summed E-state index contributed by atoms with van der Waals surface area (Å²) < 4.78 is 0. The minimum atomic E-state index is -0.449. The number of benzene rings is 1. The van der Waals surface area contributed by atoms with Gasteiger partial charge in [0.15, 0.2) is 0 Å². The maximum absolute atomic E-state index is 12.1. The van der Waals surface area contributed by atoms with Crippen molar-refractivity contribution in [3.05, 3.63) is 45.5 Å². The fourth-order valence-electron chi connectivity index (χ4n) is 2.32. The van der Waals surface area contributed by atoms with E-state index in [1.54, 1.807) is 25.1 Å². The molecule has 2 rings (SSSR count). The molecule has 20 heavy (non-hydrogen) atoms. The fraction of sp³-hybridized carbons (Fsp3) is 0.357. The van der Waals surface area contributed by atoms with Gasteiger partial charge in [0, 0.05) is 17.7 Å². The molecule has 1 amide bonds. The van der Waals surface area contributed by atoms with Gasteiger partial charge in [-0.05, 0) is 31.9 Å². The number of amides is 1. The monoisotopic (exact) mass is 275 g/mol. The molecule has 106 valence electrons. The first-order valence-corrected chi connectivity index (χ1v) is 6.39. The Morgan fingerprint density at radius 1 is 1.35 bits per heavy atom. The van der Waals surface area contributed by atoms with E-state index in [2.05, 4.69) is 5.32 Å². The second-order valence-electron chi connectivity index (χ2n) is 5.09. The number of nitrogens with zero attached hydrogens (tertiary/aromatic N) is 1. The van der Waals surface area contributed by atoms with Crippen molar-refractivity contribution >= 4 is 17.3 Å². The Kier molecular flexibility index (Phi) is 3.85. The molecule has 0 aromatic heterocycles. The summed E-state index contributed by atoms with van der Waals surface area (Å²) in [5.41, 5.74) is 7.57. The molecule has 0 saturated heterocycles. The summed E-state index contributed by atoms with van der Waals surface area (Å²) in [6.07, 6.45) is 4.14. The highest BCUT2D eigenvalue weighted by molar-refractivity contribution is 5.95. The second-order valence-corrected chi connectivity index (χ2v) is 5.09. The predicted molar refractivity (Wildman–Crippen MR) is 76.4 cm³/mol. The first kappa shape index (κ1) is 14.2. The minimum Gasteiger partial charge on any atom is -0.325 e. The van der Waals surface area contributed by atoms with Crippen molar-refractivity contribution in [3.63, 3.8) is 0 Å². The first-order chi connectivity index (χ1) is 9.38. The average molecular weight is 275 g/mol. The van der Waals surface area contributed by atoms with Crippen LogP contribution in [0.15, 0.2) is 24.3 Å². The van der Waals surface area contributed by atoms with E-state index in [0.717, 1.165) is 5.56 Å². The standard InChI is InChI=1S/C14H17N3O3/c1-8-5-9(2)13(17(19)20)7-12(8)16-14(18)10-3-4-11(15)6-10/h3-5,7,10-11H,6,15H2,1-2H3,(H,16,18). The summed E-state index contributed by atoms with van der Waals surface area (Å²) in [5, 5.41) is 13.7. The maximum atomic E-state index is 12.1. The van der Waals surface area contributed by atoms with Crippen molar-refractivity contribution in [3.8, 4) is 0 Å². The number of nitrogens with two attached hydrogens (primary N) is 1. The van der Waals surface area contributed by atoms with Gasteiger partial charge in [-0.3, -0.25) is 14.9 Å². The molecule has 3 N–H and O–H groups in total. The molecule has 1 aliphatic carbocycles. The largest absolute Gasteiger partial charge is 0.325 e. The van der Waals surface area contributed by atoms with E-state index in [0.29, 0.717) is 17.7 Å². The average Bonchev–Trinajstić information content (AvgIpc) is 2.79. The second kappa shape index (κ2) is 5.42.